The Hall–Kier alpha value is -2.76. The summed E-state index contributed by atoms with van der Waals surface area (Å²) in [6.45, 7) is 8.31. The first-order valence-corrected chi connectivity index (χ1v) is 11.8. The lowest BCUT2D eigenvalue weighted by atomic mass is 10.3. The van der Waals surface area contributed by atoms with Crippen molar-refractivity contribution >= 4 is 23.3 Å². The average Bonchev–Trinajstić information content (AvgIpc) is 3.30. The Labute approximate surface area is 218 Å². The van der Waals surface area contributed by atoms with Crippen LogP contribution < -0.4 is 0 Å². The molecule has 10 nitrogen and oxygen atoms in total. The van der Waals surface area contributed by atoms with E-state index in [0.717, 1.165) is 51.4 Å². The quantitative estimate of drug-likeness (QED) is 0.377. The Morgan fingerprint density at radius 3 is 2.13 bits per heavy atom. The maximum Gasteiger partial charge on any atom is 0.490 e. The van der Waals surface area contributed by atoms with Gasteiger partial charge in [0.25, 0.3) is 0 Å². The van der Waals surface area contributed by atoms with Crippen LogP contribution >= 0.6 is 11.3 Å². The molecule has 2 aromatic heterocycles. The Morgan fingerprint density at radius 1 is 1.08 bits per heavy atom. The highest BCUT2D eigenvalue weighted by Crippen LogP contribution is 2.21. The van der Waals surface area contributed by atoms with E-state index in [4.69, 9.17) is 24.5 Å². The SMILES string of the molecule is Cc1ccc(CN2CCCn3nnc(COCCN(C)C)c3C2)s1.O=C(O)C(F)(F)F.O=C(O)C(F)(F)F. The molecule has 3 heterocycles. The Bertz CT molecular complexity index is 1000. The molecule has 0 aromatic carbocycles. The van der Waals surface area contributed by atoms with Crippen LogP contribution in [0.2, 0.25) is 0 Å². The number of rotatable bonds is 7. The van der Waals surface area contributed by atoms with Gasteiger partial charge >= 0.3 is 24.3 Å². The van der Waals surface area contributed by atoms with Crippen molar-refractivity contribution in [3.8, 4) is 0 Å². The molecule has 0 radical (unpaired) electrons. The second-order valence-electron chi connectivity index (χ2n) is 8.24. The van der Waals surface area contributed by atoms with Gasteiger partial charge in [-0.05, 0) is 39.6 Å². The van der Waals surface area contributed by atoms with Gasteiger partial charge in [-0.15, -0.1) is 16.4 Å². The van der Waals surface area contributed by atoms with E-state index < -0.39 is 24.3 Å². The summed E-state index contributed by atoms with van der Waals surface area (Å²) in [5.41, 5.74) is 2.20. The maximum atomic E-state index is 10.6. The molecular weight excluding hydrogens is 548 g/mol. The lowest BCUT2D eigenvalue weighted by molar-refractivity contribution is -0.193. The molecule has 0 unspecified atom stereocenters. The lowest BCUT2D eigenvalue weighted by Crippen LogP contribution is -2.23. The number of carboxylic acids is 2. The number of aryl methyl sites for hydroxylation is 2. The number of ether oxygens (including phenoxy) is 1. The van der Waals surface area contributed by atoms with Crippen LogP contribution in [0.5, 0.6) is 0 Å². The van der Waals surface area contributed by atoms with Gasteiger partial charge in [0.1, 0.15) is 5.69 Å². The number of likely N-dealkylation sites (N-methyl/N-ethyl adjacent to an activating group) is 1. The van der Waals surface area contributed by atoms with E-state index in [1.54, 1.807) is 0 Å². The second kappa shape index (κ2) is 15.0. The molecule has 0 saturated heterocycles. The molecule has 1 aliphatic rings. The van der Waals surface area contributed by atoms with E-state index in [9.17, 15) is 26.3 Å². The summed E-state index contributed by atoms with van der Waals surface area (Å²) in [5.74, 6) is -5.51. The van der Waals surface area contributed by atoms with Crippen LogP contribution in [0.4, 0.5) is 26.3 Å². The molecular formula is C21H29F6N5O5S. The fourth-order valence-corrected chi connectivity index (χ4v) is 3.84. The van der Waals surface area contributed by atoms with E-state index >= 15 is 0 Å². The van der Waals surface area contributed by atoms with E-state index in [-0.39, 0.29) is 0 Å². The monoisotopic (exact) mass is 577 g/mol. The average molecular weight is 578 g/mol. The highest BCUT2D eigenvalue weighted by molar-refractivity contribution is 7.11. The van der Waals surface area contributed by atoms with Crippen molar-refractivity contribution < 1.29 is 50.9 Å². The Morgan fingerprint density at radius 2 is 1.66 bits per heavy atom. The van der Waals surface area contributed by atoms with Gasteiger partial charge in [0.05, 0.1) is 18.9 Å². The summed E-state index contributed by atoms with van der Waals surface area (Å²) in [6, 6.07) is 4.44. The van der Waals surface area contributed by atoms with Crippen LogP contribution in [-0.2, 0) is 40.6 Å². The van der Waals surface area contributed by atoms with E-state index in [1.165, 1.54) is 15.4 Å². The summed E-state index contributed by atoms with van der Waals surface area (Å²) < 4.78 is 71.3. The van der Waals surface area contributed by atoms with E-state index in [1.807, 2.05) is 11.3 Å². The number of carboxylic acid groups (broad SMARTS) is 2. The molecule has 216 valence electrons. The minimum atomic E-state index is -5.08. The van der Waals surface area contributed by atoms with Crippen molar-refractivity contribution in [1.82, 2.24) is 24.8 Å². The van der Waals surface area contributed by atoms with Gasteiger partial charge in [0, 0.05) is 42.5 Å². The molecule has 17 heteroatoms. The van der Waals surface area contributed by atoms with Crippen molar-refractivity contribution in [2.24, 2.45) is 0 Å². The van der Waals surface area contributed by atoms with E-state index in [0.29, 0.717) is 6.61 Å². The molecule has 1 aliphatic heterocycles. The summed E-state index contributed by atoms with van der Waals surface area (Å²) in [4.78, 5) is 25.2. The number of nitrogens with zero attached hydrogens (tertiary/aromatic N) is 5. The number of carbonyl (C=O) groups is 2. The van der Waals surface area contributed by atoms with Gasteiger partial charge in [-0.3, -0.25) is 4.90 Å². The minimum absolute atomic E-state index is 0.551. The Balaban J connectivity index is 0.000000426. The third kappa shape index (κ3) is 12.7. The number of hydrogen-bond donors (Lipinski definition) is 2. The maximum absolute atomic E-state index is 10.6. The molecule has 2 N–H and O–H groups in total. The van der Waals surface area contributed by atoms with Gasteiger partial charge in [-0.1, -0.05) is 5.21 Å². The topological polar surface area (TPSA) is 121 Å². The zero-order valence-corrected chi connectivity index (χ0v) is 21.7. The normalized spacial score (nSPS) is 14.1. The third-order valence-electron chi connectivity index (χ3n) is 4.72. The zero-order valence-electron chi connectivity index (χ0n) is 20.8. The van der Waals surface area contributed by atoms with Crippen molar-refractivity contribution in [3.05, 3.63) is 33.3 Å². The molecule has 0 amide bonds. The van der Waals surface area contributed by atoms with Crippen molar-refractivity contribution in [2.45, 2.75) is 51.9 Å². The molecule has 0 bridgehead atoms. The second-order valence-corrected chi connectivity index (χ2v) is 9.62. The van der Waals surface area contributed by atoms with Crippen LogP contribution in [0, 0.1) is 6.92 Å². The number of hydrogen-bond acceptors (Lipinski definition) is 8. The van der Waals surface area contributed by atoms with Crippen LogP contribution in [0.3, 0.4) is 0 Å². The van der Waals surface area contributed by atoms with Crippen molar-refractivity contribution in [1.29, 1.82) is 0 Å². The standard InChI is InChI=1S/C17H27N5OS.2C2HF3O2/c1-14-5-6-15(24-14)11-21-7-4-8-22-17(12-21)16(18-19-22)13-23-10-9-20(2)3;2*3-2(4,5)1(6)7/h5-6H,4,7-13H2,1-3H3;2*(H,6,7). The van der Waals surface area contributed by atoms with Gasteiger partial charge in [-0.25, -0.2) is 14.3 Å². The van der Waals surface area contributed by atoms with Crippen LogP contribution in [0.25, 0.3) is 0 Å². The number of thiophene rings is 1. The zero-order chi connectivity index (χ0) is 29.1. The number of aromatic nitrogens is 3. The molecule has 2 aromatic rings. The third-order valence-corrected chi connectivity index (χ3v) is 5.70. The van der Waals surface area contributed by atoms with Crippen LogP contribution in [0.1, 0.15) is 27.6 Å². The highest BCUT2D eigenvalue weighted by atomic mass is 32.1. The smallest absolute Gasteiger partial charge is 0.475 e. The van der Waals surface area contributed by atoms with Crippen molar-refractivity contribution in [3.63, 3.8) is 0 Å². The fraction of sp³-hybridized carbons (Fsp3) is 0.619. The van der Waals surface area contributed by atoms with Gasteiger partial charge in [-0.2, -0.15) is 26.3 Å². The summed E-state index contributed by atoms with van der Waals surface area (Å²) in [5, 5.41) is 22.9. The molecule has 0 atom stereocenters. The number of aliphatic carboxylic acids is 2. The van der Waals surface area contributed by atoms with Crippen molar-refractivity contribution in [2.75, 3.05) is 33.8 Å². The predicted molar refractivity (Wildman–Crippen MR) is 123 cm³/mol. The number of halogens is 6. The number of fused-ring (bicyclic) bond motifs is 1. The molecule has 38 heavy (non-hydrogen) atoms. The molecule has 0 saturated carbocycles. The molecule has 0 aliphatic carbocycles. The Kier molecular flexibility index (Phi) is 13.1. The lowest BCUT2D eigenvalue weighted by Gasteiger charge is -2.19. The molecule has 0 fully saturated rings. The first-order chi connectivity index (χ1) is 17.5. The van der Waals surface area contributed by atoms with Crippen LogP contribution in [-0.4, -0.2) is 93.1 Å². The largest absolute Gasteiger partial charge is 0.490 e. The van der Waals surface area contributed by atoms with Gasteiger partial charge in [0.15, 0.2) is 0 Å². The predicted octanol–water partition coefficient (Wildman–Crippen LogP) is 3.40. The number of alkyl halides is 6. The van der Waals surface area contributed by atoms with Crippen LogP contribution in [0.15, 0.2) is 12.1 Å². The van der Waals surface area contributed by atoms with Gasteiger partial charge in [0.2, 0.25) is 0 Å². The van der Waals surface area contributed by atoms with Gasteiger partial charge < -0.3 is 19.8 Å². The highest BCUT2D eigenvalue weighted by Gasteiger charge is 2.38. The fourth-order valence-electron chi connectivity index (χ4n) is 2.91. The molecule has 3 rings (SSSR count). The van der Waals surface area contributed by atoms with E-state index in [2.05, 4.69) is 57.9 Å². The minimum Gasteiger partial charge on any atom is -0.475 e. The first kappa shape index (κ1) is 33.3. The summed E-state index contributed by atoms with van der Waals surface area (Å²) in [7, 11) is 4.11. The summed E-state index contributed by atoms with van der Waals surface area (Å²) in [6.07, 6.45) is -9.05. The summed E-state index contributed by atoms with van der Waals surface area (Å²) >= 11 is 1.89. The first-order valence-electron chi connectivity index (χ1n) is 11.0. The molecule has 0 spiro atoms.